The lowest BCUT2D eigenvalue weighted by molar-refractivity contribution is 0.326. The molecular formula is C12H18N4O. The van der Waals surface area contributed by atoms with Gasteiger partial charge in [-0.2, -0.15) is 4.98 Å². The highest BCUT2D eigenvalue weighted by Crippen LogP contribution is 2.43. The number of nitrogens with zero attached hydrogens (tertiary/aromatic N) is 2. The highest BCUT2D eigenvalue weighted by atomic mass is 16.5. The maximum absolute atomic E-state index is 5.42. The molecule has 3 rings (SSSR count). The largest absolute Gasteiger partial charge is 0.478 e. The molecule has 92 valence electrons. The number of hydrogen-bond acceptors (Lipinski definition) is 5. The molecule has 0 aromatic carbocycles. The van der Waals surface area contributed by atoms with Crippen molar-refractivity contribution in [2.75, 3.05) is 25.0 Å². The number of ether oxygens (including phenoxy) is 1. The van der Waals surface area contributed by atoms with Crippen LogP contribution in [0.1, 0.15) is 12.6 Å². The van der Waals surface area contributed by atoms with Gasteiger partial charge >= 0.3 is 0 Å². The van der Waals surface area contributed by atoms with Gasteiger partial charge in [0.2, 0.25) is 11.8 Å². The zero-order valence-electron chi connectivity index (χ0n) is 10.2. The Labute approximate surface area is 101 Å². The Morgan fingerprint density at radius 2 is 2.18 bits per heavy atom. The summed E-state index contributed by atoms with van der Waals surface area (Å²) in [7, 11) is 0. The van der Waals surface area contributed by atoms with Crippen LogP contribution in [0.2, 0.25) is 0 Å². The minimum atomic E-state index is 0.549. The van der Waals surface area contributed by atoms with Crippen LogP contribution >= 0.6 is 0 Å². The molecule has 1 saturated heterocycles. The molecule has 2 atom stereocenters. The smallest absolute Gasteiger partial charge is 0.226 e. The second kappa shape index (κ2) is 4.14. The van der Waals surface area contributed by atoms with Crippen molar-refractivity contribution in [3.63, 3.8) is 0 Å². The van der Waals surface area contributed by atoms with Crippen molar-refractivity contribution in [1.29, 1.82) is 0 Å². The molecule has 17 heavy (non-hydrogen) atoms. The van der Waals surface area contributed by atoms with E-state index in [2.05, 4.69) is 20.6 Å². The SMILES string of the molecule is CCOc1cc(C)nc(NC2C3CNCC32)n1. The lowest BCUT2D eigenvalue weighted by Crippen LogP contribution is -2.22. The normalized spacial score (nSPS) is 29.9. The fourth-order valence-corrected chi connectivity index (χ4v) is 2.61. The van der Waals surface area contributed by atoms with Crippen molar-refractivity contribution in [3.8, 4) is 5.88 Å². The summed E-state index contributed by atoms with van der Waals surface area (Å²) in [5.74, 6) is 2.88. The van der Waals surface area contributed by atoms with Crippen LogP contribution in [-0.4, -0.2) is 35.7 Å². The quantitative estimate of drug-likeness (QED) is 0.807. The first-order valence-corrected chi connectivity index (χ1v) is 6.23. The van der Waals surface area contributed by atoms with Gasteiger partial charge in [-0.25, -0.2) is 4.98 Å². The lowest BCUT2D eigenvalue weighted by atomic mass is 10.4. The summed E-state index contributed by atoms with van der Waals surface area (Å²) in [5.41, 5.74) is 0.940. The standard InChI is InChI=1S/C12H18N4O/c1-3-17-10-4-7(2)14-12(15-10)16-11-8-5-13-6-9(8)11/h4,8-9,11,13H,3,5-6H2,1-2H3,(H,14,15,16). The van der Waals surface area contributed by atoms with Gasteiger partial charge in [-0.15, -0.1) is 0 Å². The molecule has 5 nitrogen and oxygen atoms in total. The molecule has 2 fully saturated rings. The van der Waals surface area contributed by atoms with Crippen molar-refractivity contribution >= 4 is 5.95 Å². The molecule has 5 heteroatoms. The number of nitrogens with one attached hydrogen (secondary N) is 2. The summed E-state index contributed by atoms with van der Waals surface area (Å²) in [5, 5.41) is 6.79. The van der Waals surface area contributed by atoms with E-state index in [0.717, 1.165) is 30.6 Å². The third-order valence-corrected chi connectivity index (χ3v) is 3.51. The predicted molar refractivity (Wildman–Crippen MR) is 65.2 cm³/mol. The fourth-order valence-electron chi connectivity index (χ4n) is 2.61. The van der Waals surface area contributed by atoms with Gasteiger partial charge < -0.3 is 15.4 Å². The van der Waals surface area contributed by atoms with Crippen molar-refractivity contribution in [1.82, 2.24) is 15.3 Å². The Bertz CT molecular complexity index is 413. The highest BCUT2D eigenvalue weighted by Gasteiger charge is 2.53. The molecule has 1 aromatic heterocycles. The van der Waals surface area contributed by atoms with E-state index in [-0.39, 0.29) is 0 Å². The molecule has 1 aliphatic heterocycles. The molecule has 2 unspecified atom stereocenters. The molecule has 1 saturated carbocycles. The van der Waals surface area contributed by atoms with E-state index in [0.29, 0.717) is 24.5 Å². The Kier molecular flexibility index (Phi) is 2.63. The van der Waals surface area contributed by atoms with Gasteiger partial charge in [-0.3, -0.25) is 0 Å². The molecule has 0 spiro atoms. The summed E-state index contributed by atoms with van der Waals surface area (Å²) >= 11 is 0. The molecule has 2 heterocycles. The van der Waals surface area contributed by atoms with Crippen LogP contribution in [-0.2, 0) is 0 Å². The topological polar surface area (TPSA) is 59.1 Å². The second-order valence-corrected chi connectivity index (χ2v) is 4.76. The van der Waals surface area contributed by atoms with E-state index < -0.39 is 0 Å². The Morgan fingerprint density at radius 1 is 1.41 bits per heavy atom. The number of aryl methyl sites for hydroxylation is 1. The number of anilines is 1. The first kappa shape index (κ1) is 10.8. The number of aromatic nitrogens is 2. The third-order valence-electron chi connectivity index (χ3n) is 3.51. The van der Waals surface area contributed by atoms with Gasteiger partial charge in [0.25, 0.3) is 0 Å². The molecule has 2 N–H and O–H groups in total. The average molecular weight is 234 g/mol. The third kappa shape index (κ3) is 2.07. The van der Waals surface area contributed by atoms with E-state index >= 15 is 0 Å². The second-order valence-electron chi connectivity index (χ2n) is 4.76. The summed E-state index contributed by atoms with van der Waals surface area (Å²) < 4.78 is 5.42. The van der Waals surface area contributed by atoms with Crippen LogP contribution < -0.4 is 15.4 Å². The van der Waals surface area contributed by atoms with E-state index in [1.54, 1.807) is 0 Å². The van der Waals surface area contributed by atoms with E-state index in [9.17, 15) is 0 Å². The summed E-state index contributed by atoms with van der Waals surface area (Å²) in [4.78, 5) is 8.77. The highest BCUT2D eigenvalue weighted by molar-refractivity contribution is 5.36. The van der Waals surface area contributed by atoms with Crippen LogP contribution in [0.4, 0.5) is 5.95 Å². The minimum Gasteiger partial charge on any atom is -0.478 e. The van der Waals surface area contributed by atoms with Crippen molar-refractivity contribution < 1.29 is 4.74 Å². The van der Waals surface area contributed by atoms with Crippen LogP contribution in [0.3, 0.4) is 0 Å². The van der Waals surface area contributed by atoms with Gasteiger partial charge in [-0.1, -0.05) is 0 Å². The van der Waals surface area contributed by atoms with Crippen molar-refractivity contribution in [3.05, 3.63) is 11.8 Å². The van der Waals surface area contributed by atoms with Crippen LogP contribution in [0.5, 0.6) is 5.88 Å². The molecule has 0 radical (unpaired) electrons. The minimum absolute atomic E-state index is 0.549. The molecule has 0 bridgehead atoms. The number of piperidine rings is 1. The maximum Gasteiger partial charge on any atom is 0.226 e. The maximum atomic E-state index is 5.42. The van der Waals surface area contributed by atoms with Crippen molar-refractivity contribution in [2.45, 2.75) is 19.9 Å². The Morgan fingerprint density at radius 3 is 2.88 bits per heavy atom. The van der Waals surface area contributed by atoms with Gasteiger partial charge in [0.15, 0.2) is 0 Å². The molecule has 2 aliphatic rings. The van der Waals surface area contributed by atoms with Crippen LogP contribution in [0, 0.1) is 18.8 Å². The van der Waals surface area contributed by atoms with Gasteiger partial charge in [0.05, 0.1) is 6.61 Å². The Balaban J connectivity index is 1.70. The Hall–Kier alpha value is -1.36. The zero-order valence-corrected chi connectivity index (χ0v) is 10.2. The zero-order chi connectivity index (χ0) is 11.8. The number of fused-ring (bicyclic) bond motifs is 1. The van der Waals surface area contributed by atoms with Crippen molar-refractivity contribution in [2.24, 2.45) is 11.8 Å². The predicted octanol–water partition coefficient (Wildman–Crippen LogP) is 0.813. The fraction of sp³-hybridized carbons (Fsp3) is 0.667. The average Bonchev–Trinajstić information content (AvgIpc) is 2.74. The van der Waals surface area contributed by atoms with Gasteiger partial charge in [-0.05, 0) is 25.7 Å². The molecule has 0 amide bonds. The van der Waals surface area contributed by atoms with E-state index in [4.69, 9.17) is 4.74 Å². The first-order chi connectivity index (χ1) is 8.28. The number of hydrogen-bond donors (Lipinski definition) is 2. The lowest BCUT2D eigenvalue weighted by Gasteiger charge is -2.09. The first-order valence-electron chi connectivity index (χ1n) is 6.23. The summed E-state index contributed by atoms with van der Waals surface area (Å²) in [6.45, 7) is 6.79. The number of rotatable bonds is 4. The summed E-state index contributed by atoms with van der Waals surface area (Å²) in [6, 6.07) is 2.41. The molecular weight excluding hydrogens is 216 g/mol. The van der Waals surface area contributed by atoms with E-state index in [1.165, 1.54) is 0 Å². The van der Waals surface area contributed by atoms with Gasteiger partial charge in [0.1, 0.15) is 0 Å². The molecule has 1 aliphatic carbocycles. The van der Waals surface area contributed by atoms with Gasteiger partial charge in [0, 0.05) is 30.9 Å². The molecule has 1 aromatic rings. The van der Waals surface area contributed by atoms with Crippen LogP contribution in [0.25, 0.3) is 0 Å². The van der Waals surface area contributed by atoms with Crippen LogP contribution in [0.15, 0.2) is 6.07 Å². The van der Waals surface area contributed by atoms with E-state index in [1.807, 2.05) is 19.9 Å². The summed E-state index contributed by atoms with van der Waals surface area (Å²) in [6.07, 6.45) is 0. The monoisotopic (exact) mass is 234 g/mol.